The smallest absolute Gasteiger partial charge is 0.335 e. The average molecular weight is 337 g/mol. The molecule has 5 heteroatoms. The molecule has 0 bridgehead atoms. The predicted molar refractivity (Wildman–Crippen MR) is 94.8 cm³/mol. The lowest BCUT2D eigenvalue weighted by molar-refractivity contribution is -0.136. The van der Waals surface area contributed by atoms with Gasteiger partial charge in [0.15, 0.2) is 11.5 Å². The van der Waals surface area contributed by atoms with Crippen LogP contribution < -0.4 is 14.4 Å². The summed E-state index contributed by atoms with van der Waals surface area (Å²) in [5.74, 6) is 1.14. The first kappa shape index (κ1) is 15.6. The van der Waals surface area contributed by atoms with E-state index >= 15 is 0 Å². The molecule has 2 aliphatic rings. The highest BCUT2D eigenvalue weighted by atomic mass is 16.7. The van der Waals surface area contributed by atoms with Crippen LogP contribution in [0.2, 0.25) is 0 Å². The number of esters is 1. The minimum atomic E-state index is -0.317. The summed E-state index contributed by atoms with van der Waals surface area (Å²) < 4.78 is 15.9. The molecule has 128 valence electrons. The number of rotatable bonds is 2. The second-order valence-electron chi connectivity index (χ2n) is 6.26. The number of methoxy groups -OCH3 is 1. The van der Waals surface area contributed by atoms with Crippen LogP contribution in [0.4, 0.5) is 5.69 Å². The monoisotopic (exact) mass is 337 g/mol. The van der Waals surface area contributed by atoms with Gasteiger partial charge >= 0.3 is 5.97 Å². The number of nitrogens with zero attached hydrogens (tertiary/aromatic N) is 1. The summed E-state index contributed by atoms with van der Waals surface area (Å²) in [6, 6.07) is 12.2. The van der Waals surface area contributed by atoms with Crippen molar-refractivity contribution in [2.75, 3.05) is 25.3 Å². The Bertz CT molecular complexity index is 855. The highest BCUT2D eigenvalue weighted by Gasteiger charge is 2.24. The second kappa shape index (κ2) is 6.16. The lowest BCUT2D eigenvalue weighted by Crippen LogP contribution is -2.26. The van der Waals surface area contributed by atoms with Gasteiger partial charge in [0.25, 0.3) is 0 Å². The third-order valence-corrected chi connectivity index (χ3v) is 4.53. The largest absolute Gasteiger partial charge is 0.466 e. The molecule has 0 aliphatic carbocycles. The number of benzene rings is 2. The normalized spacial score (nSPS) is 15.3. The van der Waals surface area contributed by atoms with Crippen molar-refractivity contribution in [2.24, 2.45) is 0 Å². The number of aryl methyl sites for hydroxylation is 1. The molecule has 0 amide bonds. The summed E-state index contributed by atoms with van der Waals surface area (Å²) in [5.41, 5.74) is 4.92. The lowest BCUT2D eigenvalue weighted by Gasteiger charge is -2.24. The summed E-state index contributed by atoms with van der Waals surface area (Å²) in [4.78, 5) is 14.4. The molecule has 5 nitrogen and oxygen atoms in total. The van der Waals surface area contributed by atoms with Gasteiger partial charge in [-0.25, -0.2) is 4.79 Å². The van der Waals surface area contributed by atoms with E-state index in [9.17, 15) is 4.79 Å². The van der Waals surface area contributed by atoms with Crippen molar-refractivity contribution in [1.29, 1.82) is 0 Å². The number of anilines is 1. The Hall–Kier alpha value is -2.95. The van der Waals surface area contributed by atoms with Crippen molar-refractivity contribution in [3.8, 4) is 11.5 Å². The molecule has 2 aromatic carbocycles. The molecule has 0 N–H and O–H groups in total. The summed E-state index contributed by atoms with van der Waals surface area (Å²) >= 11 is 0. The van der Waals surface area contributed by atoms with Gasteiger partial charge in [-0.15, -0.1) is 0 Å². The quantitative estimate of drug-likeness (QED) is 0.787. The fourth-order valence-electron chi connectivity index (χ4n) is 3.16. The van der Waals surface area contributed by atoms with Gasteiger partial charge in [0.2, 0.25) is 6.79 Å². The summed E-state index contributed by atoms with van der Waals surface area (Å²) in [6.07, 6.45) is 1.89. The number of hydrogen-bond acceptors (Lipinski definition) is 5. The molecule has 2 aromatic rings. The van der Waals surface area contributed by atoms with Gasteiger partial charge in [-0.1, -0.05) is 17.7 Å². The zero-order chi connectivity index (χ0) is 17.4. The molecule has 0 unspecified atom stereocenters. The summed E-state index contributed by atoms with van der Waals surface area (Å²) in [6.45, 7) is 3.44. The third kappa shape index (κ3) is 2.93. The number of ether oxygens (including phenoxy) is 3. The van der Waals surface area contributed by atoms with Gasteiger partial charge in [0.05, 0.1) is 19.2 Å². The first-order valence-electron chi connectivity index (χ1n) is 8.17. The maximum absolute atomic E-state index is 12.2. The maximum atomic E-state index is 12.2. The molecule has 0 spiro atoms. The van der Waals surface area contributed by atoms with Crippen molar-refractivity contribution in [3.63, 3.8) is 0 Å². The zero-order valence-electron chi connectivity index (χ0n) is 14.2. The van der Waals surface area contributed by atoms with E-state index in [0.29, 0.717) is 24.4 Å². The van der Waals surface area contributed by atoms with Gasteiger partial charge in [-0.2, -0.15) is 0 Å². The van der Waals surface area contributed by atoms with Crippen LogP contribution in [0, 0.1) is 6.92 Å². The first-order valence-corrected chi connectivity index (χ1v) is 8.17. The van der Waals surface area contributed by atoms with Crippen molar-refractivity contribution in [2.45, 2.75) is 13.5 Å². The Labute approximate surface area is 146 Å². The fraction of sp³-hybridized carbons (Fsp3) is 0.250. The Morgan fingerprint density at radius 2 is 1.80 bits per heavy atom. The minimum Gasteiger partial charge on any atom is -0.466 e. The molecule has 4 rings (SSSR count). The van der Waals surface area contributed by atoms with Crippen molar-refractivity contribution < 1.29 is 19.0 Å². The van der Waals surface area contributed by atoms with Crippen LogP contribution in [0.5, 0.6) is 11.5 Å². The Morgan fingerprint density at radius 1 is 1.08 bits per heavy atom. The highest BCUT2D eigenvalue weighted by molar-refractivity contribution is 5.95. The van der Waals surface area contributed by atoms with E-state index in [0.717, 1.165) is 22.6 Å². The van der Waals surface area contributed by atoms with Crippen LogP contribution in [0.25, 0.3) is 6.08 Å². The van der Waals surface area contributed by atoms with E-state index < -0.39 is 0 Å². The second-order valence-corrected chi connectivity index (χ2v) is 6.26. The van der Waals surface area contributed by atoms with E-state index in [4.69, 9.17) is 14.2 Å². The molecule has 25 heavy (non-hydrogen) atoms. The van der Waals surface area contributed by atoms with Crippen LogP contribution in [-0.2, 0) is 16.1 Å². The maximum Gasteiger partial charge on any atom is 0.335 e. The van der Waals surface area contributed by atoms with Gasteiger partial charge < -0.3 is 19.1 Å². The van der Waals surface area contributed by atoms with E-state index in [1.165, 1.54) is 12.7 Å². The third-order valence-electron chi connectivity index (χ3n) is 4.53. The van der Waals surface area contributed by atoms with Crippen LogP contribution in [0.3, 0.4) is 0 Å². The topological polar surface area (TPSA) is 48.0 Å². The van der Waals surface area contributed by atoms with E-state index in [1.807, 2.05) is 18.2 Å². The molecule has 2 aliphatic heterocycles. The minimum absolute atomic E-state index is 0.230. The van der Waals surface area contributed by atoms with Crippen molar-refractivity contribution in [1.82, 2.24) is 0 Å². The zero-order valence-corrected chi connectivity index (χ0v) is 14.2. The van der Waals surface area contributed by atoms with Gasteiger partial charge in [0.1, 0.15) is 0 Å². The van der Waals surface area contributed by atoms with Crippen molar-refractivity contribution >= 4 is 17.7 Å². The first-order chi connectivity index (χ1) is 12.1. The fourth-order valence-corrected chi connectivity index (χ4v) is 3.16. The number of carbonyl (C=O) groups is 1. The van der Waals surface area contributed by atoms with Gasteiger partial charge in [-0.3, -0.25) is 0 Å². The van der Waals surface area contributed by atoms with E-state index in [-0.39, 0.29) is 12.8 Å². The van der Waals surface area contributed by atoms with E-state index in [2.05, 4.69) is 36.1 Å². The summed E-state index contributed by atoms with van der Waals surface area (Å²) in [7, 11) is 1.41. The van der Waals surface area contributed by atoms with E-state index in [1.54, 1.807) is 0 Å². The Kier molecular flexibility index (Phi) is 3.84. The highest BCUT2D eigenvalue weighted by Crippen LogP contribution is 2.37. The Balaban J connectivity index is 1.79. The lowest BCUT2D eigenvalue weighted by atomic mass is 10.0. The van der Waals surface area contributed by atoms with Crippen LogP contribution in [0.1, 0.15) is 16.7 Å². The number of hydrogen-bond donors (Lipinski definition) is 0. The summed E-state index contributed by atoms with van der Waals surface area (Å²) in [5, 5.41) is 0. The molecule has 2 heterocycles. The molecule has 0 saturated carbocycles. The van der Waals surface area contributed by atoms with Crippen LogP contribution >= 0.6 is 0 Å². The average Bonchev–Trinajstić information content (AvgIpc) is 2.98. The number of carbonyl (C=O) groups excluding carboxylic acids is 1. The molecule has 0 fully saturated rings. The molecular weight excluding hydrogens is 318 g/mol. The van der Waals surface area contributed by atoms with Crippen LogP contribution in [0.15, 0.2) is 42.0 Å². The van der Waals surface area contributed by atoms with Gasteiger partial charge in [-0.05, 0) is 48.4 Å². The van der Waals surface area contributed by atoms with Gasteiger partial charge in [0, 0.05) is 12.2 Å². The molecule has 0 atom stereocenters. The molecule has 0 aromatic heterocycles. The van der Waals surface area contributed by atoms with Crippen molar-refractivity contribution in [3.05, 3.63) is 58.7 Å². The standard InChI is InChI=1S/C20H19NO4/c1-13-3-5-17(6-4-13)21-10-15-9-19-18(24-12-25-19)8-14(15)7-16(11-21)20(22)23-2/h3-9H,10-12H2,1-2H3. The molecular formula is C20H19NO4. The molecule has 0 radical (unpaired) electrons. The predicted octanol–water partition coefficient (Wildman–Crippen LogP) is 3.30. The number of fused-ring (bicyclic) bond motifs is 2. The Morgan fingerprint density at radius 3 is 2.52 bits per heavy atom. The SMILES string of the molecule is COC(=O)C1=Cc2cc3c(cc2CN(c2ccc(C)cc2)C1)OCO3. The molecule has 0 saturated heterocycles. The van der Waals surface area contributed by atoms with Crippen LogP contribution in [-0.4, -0.2) is 26.4 Å².